The zero-order valence-electron chi connectivity index (χ0n) is 13.4. The van der Waals surface area contributed by atoms with E-state index in [0.29, 0.717) is 5.69 Å². The molecule has 134 valence electrons. The van der Waals surface area contributed by atoms with E-state index in [-0.39, 0.29) is 27.7 Å². The third-order valence-electron chi connectivity index (χ3n) is 3.25. The van der Waals surface area contributed by atoms with Gasteiger partial charge in [0.2, 0.25) is 0 Å². The summed E-state index contributed by atoms with van der Waals surface area (Å²) < 4.78 is 4.87. The summed E-state index contributed by atoms with van der Waals surface area (Å²) in [6.07, 6.45) is 0. The molecule has 1 amide bonds. The van der Waals surface area contributed by atoms with Gasteiger partial charge in [-0.15, -0.1) is 0 Å². The van der Waals surface area contributed by atoms with Gasteiger partial charge in [0, 0.05) is 17.3 Å². The van der Waals surface area contributed by atoms with Crippen LogP contribution >= 0.6 is 12.2 Å². The van der Waals surface area contributed by atoms with E-state index in [1.54, 1.807) is 0 Å². The Bertz CT molecular complexity index is 882. The number of amides is 1. The summed E-state index contributed by atoms with van der Waals surface area (Å²) in [5, 5.41) is 24.9. The highest BCUT2D eigenvalue weighted by Gasteiger charge is 2.18. The molecule has 0 radical (unpaired) electrons. The SMILES string of the molecule is COc1ccc(C(=O)NC(=S)Nc2ccc(C(=O)O)cc2)cc1[N+](=O)[O-]. The highest BCUT2D eigenvalue weighted by Crippen LogP contribution is 2.27. The van der Waals surface area contributed by atoms with Crippen molar-refractivity contribution in [3.63, 3.8) is 0 Å². The lowest BCUT2D eigenvalue weighted by Crippen LogP contribution is -2.34. The van der Waals surface area contributed by atoms with Crippen LogP contribution in [0.3, 0.4) is 0 Å². The highest BCUT2D eigenvalue weighted by atomic mass is 32.1. The molecule has 0 atom stereocenters. The molecule has 10 heteroatoms. The summed E-state index contributed by atoms with van der Waals surface area (Å²) in [5.74, 6) is -1.67. The molecule has 0 bridgehead atoms. The Balaban J connectivity index is 2.07. The fourth-order valence-electron chi connectivity index (χ4n) is 2.01. The normalized spacial score (nSPS) is 9.88. The summed E-state index contributed by atoms with van der Waals surface area (Å²) in [7, 11) is 1.29. The number of nitro groups is 1. The van der Waals surface area contributed by atoms with Crippen LogP contribution in [0, 0.1) is 10.1 Å². The van der Waals surface area contributed by atoms with Crippen LogP contribution < -0.4 is 15.4 Å². The van der Waals surface area contributed by atoms with E-state index < -0.39 is 16.8 Å². The Morgan fingerprint density at radius 3 is 2.31 bits per heavy atom. The second-order valence-corrected chi connectivity index (χ2v) is 5.34. The van der Waals surface area contributed by atoms with Gasteiger partial charge < -0.3 is 15.2 Å². The molecule has 0 aliphatic rings. The molecule has 9 nitrogen and oxygen atoms in total. The van der Waals surface area contributed by atoms with Gasteiger partial charge in [-0.3, -0.25) is 20.2 Å². The van der Waals surface area contributed by atoms with E-state index in [1.165, 1.54) is 43.5 Å². The van der Waals surface area contributed by atoms with Crippen LogP contribution in [0.25, 0.3) is 0 Å². The third-order valence-corrected chi connectivity index (χ3v) is 3.46. The van der Waals surface area contributed by atoms with Gasteiger partial charge in [-0.1, -0.05) is 0 Å². The van der Waals surface area contributed by atoms with Crippen LogP contribution in [0.5, 0.6) is 5.75 Å². The van der Waals surface area contributed by atoms with Crippen LogP contribution in [0.15, 0.2) is 42.5 Å². The van der Waals surface area contributed by atoms with E-state index >= 15 is 0 Å². The first-order valence-electron chi connectivity index (χ1n) is 7.10. The van der Waals surface area contributed by atoms with Crippen molar-refractivity contribution in [3.8, 4) is 5.75 Å². The van der Waals surface area contributed by atoms with Crippen molar-refractivity contribution in [2.75, 3.05) is 12.4 Å². The van der Waals surface area contributed by atoms with Crippen molar-refractivity contribution in [3.05, 3.63) is 63.7 Å². The molecule has 2 aromatic rings. The van der Waals surface area contributed by atoms with Crippen molar-refractivity contribution in [2.45, 2.75) is 0 Å². The molecule has 26 heavy (non-hydrogen) atoms. The lowest BCUT2D eigenvalue weighted by molar-refractivity contribution is -0.385. The number of ether oxygens (including phenoxy) is 1. The molecule has 0 saturated carbocycles. The number of nitro benzene ring substituents is 1. The summed E-state index contributed by atoms with van der Waals surface area (Å²) in [5.41, 5.74) is 0.267. The minimum atomic E-state index is -1.06. The van der Waals surface area contributed by atoms with Gasteiger partial charge in [-0.05, 0) is 48.6 Å². The smallest absolute Gasteiger partial charge is 0.335 e. The van der Waals surface area contributed by atoms with E-state index in [2.05, 4.69) is 10.6 Å². The monoisotopic (exact) mass is 375 g/mol. The second-order valence-electron chi connectivity index (χ2n) is 4.93. The summed E-state index contributed by atoms with van der Waals surface area (Å²) in [6, 6.07) is 9.49. The highest BCUT2D eigenvalue weighted by molar-refractivity contribution is 7.80. The fourth-order valence-corrected chi connectivity index (χ4v) is 2.22. The van der Waals surface area contributed by atoms with Gasteiger partial charge in [-0.2, -0.15) is 0 Å². The molecule has 0 heterocycles. The van der Waals surface area contributed by atoms with Crippen molar-refractivity contribution in [1.82, 2.24) is 5.32 Å². The molecule has 2 aromatic carbocycles. The maximum absolute atomic E-state index is 12.2. The molecular weight excluding hydrogens is 362 g/mol. The topological polar surface area (TPSA) is 131 Å². The number of carboxylic acid groups (broad SMARTS) is 1. The number of hydrogen-bond acceptors (Lipinski definition) is 6. The largest absolute Gasteiger partial charge is 0.490 e. The predicted molar refractivity (Wildman–Crippen MR) is 96.7 cm³/mol. The summed E-state index contributed by atoms with van der Waals surface area (Å²) >= 11 is 5.01. The van der Waals surface area contributed by atoms with Gasteiger partial charge in [0.15, 0.2) is 10.9 Å². The van der Waals surface area contributed by atoms with Gasteiger partial charge >= 0.3 is 11.7 Å². The molecule has 0 aromatic heterocycles. The number of carbonyl (C=O) groups excluding carboxylic acids is 1. The molecule has 0 aliphatic carbocycles. The van der Waals surface area contributed by atoms with Crippen LogP contribution in [0.2, 0.25) is 0 Å². The maximum Gasteiger partial charge on any atom is 0.335 e. The molecule has 0 fully saturated rings. The molecule has 3 N–H and O–H groups in total. The van der Waals surface area contributed by atoms with Crippen molar-refractivity contribution >= 4 is 40.6 Å². The average Bonchev–Trinajstić information content (AvgIpc) is 2.61. The molecular formula is C16H13N3O6S. The van der Waals surface area contributed by atoms with Gasteiger partial charge in [0.05, 0.1) is 17.6 Å². The zero-order chi connectivity index (χ0) is 19.3. The van der Waals surface area contributed by atoms with E-state index in [0.717, 1.165) is 6.07 Å². The Morgan fingerprint density at radius 1 is 1.15 bits per heavy atom. The van der Waals surface area contributed by atoms with Crippen LogP contribution in [-0.4, -0.2) is 34.1 Å². The number of aromatic carboxylic acids is 1. The Kier molecular flexibility index (Phi) is 5.81. The minimum absolute atomic E-state index is 0.0304. The summed E-state index contributed by atoms with van der Waals surface area (Å²) in [6.45, 7) is 0. The minimum Gasteiger partial charge on any atom is -0.490 e. The maximum atomic E-state index is 12.2. The number of thiocarbonyl (C=S) groups is 1. The van der Waals surface area contributed by atoms with Gasteiger partial charge in [0.25, 0.3) is 5.91 Å². The number of methoxy groups -OCH3 is 1. The Labute approximate surface area is 152 Å². The first-order chi connectivity index (χ1) is 12.3. The Hall–Kier alpha value is -3.53. The van der Waals surface area contributed by atoms with Crippen molar-refractivity contribution in [2.24, 2.45) is 0 Å². The predicted octanol–water partition coefficient (Wildman–Crippen LogP) is 2.43. The third kappa shape index (κ3) is 4.51. The number of carbonyl (C=O) groups is 2. The average molecular weight is 375 g/mol. The molecule has 0 aliphatic heterocycles. The van der Waals surface area contributed by atoms with Gasteiger partial charge in [0.1, 0.15) is 0 Å². The number of benzene rings is 2. The number of anilines is 1. The number of carboxylic acids is 1. The summed E-state index contributed by atoms with van der Waals surface area (Å²) in [4.78, 5) is 33.3. The quantitative estimate of drug-likeness (QED) is 0.412. The number of nitrogens with zero attached hydrogens (tertiary/aromatic N) is 1. The zero-order valence-corrected chi connectivity index (χ0v) is 14.2. The molecule has 0 spiro atoms. The second kappa shape index (κ2) is 8.03. The molecule has 0 saturated heterocycles. The Morgan fingerprint density at radius 2 is 1.77 bits per heavy atom. The van der Waals surface area contributed by atoms with E-state index in [9.17, 15) is 19.7 Å². The number of rotatable bonds is 5. The lowest BCUT2D eigenvalue weighted by Gasteiger charge is -2.10. The van der Waals surface area contributed by atoms with Crippen LogP contribution in [-0.2, 0) is 0 Å². The standard InChI is InChI=1S/C16H13N3O6S/c1-25-13-7-4-10(8-12(13)19(23)24)14(20)18-16(26)17-11-5-2-9(3-6-11)15(21)22/h2-8H,1H3,(H,21,22)(H2,17,18,20,26). The fraction of sp³-hybridized carbons (Fsp3) is 0.0625. The molecule has 0 unspecified atom stereocenters. The van der Waals surface area contributed by atoms with Crippen molar-refractivity contribution < 1.29 is 24.4 Å². The molecule has 2 rings (SSSR count). The number of nitrogens with one attached hydrogen (secondary N) is 2. The lowest BCUT2D eigenvalue weighted by atomic mass is 10.1. The van der Waals surface area contributed by atoms with Crippen LogP contribution in [0.1, 0.15) is 20.7 Å². The van der Waals surface area contributed by atoms with Crippen LogP contribution in [0.4, 0.5) is 11.4 Å². The first kappa shape index (κ1) is 18.8. The van der Waals surface area contributed by atoms with Gasteiger partial charge in [-0.25, -0.2) is 4.79 Å². The number of hydrogen-bond donors (Lipinski definition) is 3. The van der Waals surface area contributed by atoms with Crippen molar-refractivity contribution in [1.29, 1.82) is 0 Å². The van der Waals surface area contributed by atoms with E-state index in [4.69, 9.17) is 22.1 Å². The van der Waals surface area contributed by atoms with E-state index in [1.807, 2.05) is 0 Å². The first-order valence-corrected chi connectivity index (χ1v) is 7.50.